The fraction of sp³-hybridized carbons (Fsp3) is 0.600. The highest BCUT2D eigenvalue weighted by molar-refractivity contribution is 6.30. The maximum Gasteiger partial charge on any atom is 0.222 e. The van der Waals surface area contributed by atoms with Crippen LogP contribution in [0.15, 0.2) is 12.4 Å². The fourth-order valence-electron chi connectivity index (χ4n) is 2.40. The first-order valence-electron chi connectivity index (χ1n) is 5.05. The number of hydrogen-bond donors (Lipinski definition) is 1. The molecule has 2 unspecified atom stereocenters. The molecule has 2 fully saturated rings. The molecule has 2 atom stereocenters. The van der Waals surface area contributed by atoms with E-state index in [0.717, 1.165) is 11.8 Å². The Balaban J connectivity index is 1.64. The van der Waals surface area contributed by atoms with Crippen molar-refractivity contribution in [2.24, 2.45) is 11.8 Å². The molecule has 0 bridgehead atoms. The van der Waals surface area contributed by atoms with Gasteiger partial charge in [-0.1, -0.05) is 11.6 Å². The maximum absolute atomic E-state index is 5.71. The average molecular weight is 210 g/mol. The summed E-state index contributed by atoms with van der Waals surface area (Å²) >= 11 is 5.71. The summed E-state index contributed by atoms with van der Waals surface area (Å²) in [5.74, 6) is 2.68. The monoisotopic (exact) mass is 209 g/mol. The van der Waals surface area contributed by atoms with Gasteiger partial charge in [0, 0.05) is 6.04 Å². The van der Waals surface area contributed by atoms with E-state index in [0.29, 0.717) is 17.0 Å². The lowest BCUT2D eigenvalue weighted by molar-refractivity contribution is 0.646. The molecule has 1 aromatic rings. The Hall–Kier alpha value is -0.830. The van der Waals surface area contributed by atoms with E-state index in [1.807, 2.05) is 0 Å². The minimum atomic E-state index is 0.583. The van der Waals surface area contributed by atoms with Gasteiger partial charge in [0.05, 0.1) is 17.4 Å². The van der Waals surface area contributed by atoms with E-state index in [9.17, 15) is 0 Å². The molecule has 2 aliphatic rings. The smallest absolute Gasteiger partial charge is 0.222 e. The number of anilines is 1. The molecule has 0 aromatic carbocycles. The Kier molecular flexibility index (Phi) is 1.87. The highest BCUT2D eigenvalue weighted by Gasteiger charge is 2.45. The first kappa shape index (κ1) is 8.48. The summed E-state index contributed by atoms with van der Waals surface area (Å²) < 4.78 is 0. The first-order valence-corrected chi connectivity index (χ1v) is 5.43. The Morgan fingerprint density at radius 1 is 1.14 bits per heavy atom. The third kappa shape index (κ3) is 1.57. The van der Waals surface area contributed by atoms with E-state index in [2.05, 4.69) is 15.3 Å². The molecule has 3 nitrogen and oxygen atoms in total. The molecule has 1 heterocycles. The Labute approximate surface area is 87.9 Å². The standard InChI is InChI=1S/C10H12ClN3/c11-8-4-12-10(13-5-8)14-9-2-6-1-7(6)3-9/h4-7,9H,1-3H2,(H,12,13,14). The molecule has 0 aliphatic heterocycles. The van der Waals surface area contributed by atoms with E-state index in [4.69, 9.17) is 11.6 Å². The normalized spacial score (nSPS) is 33.9. The SMILES string of the molecule is Clc1cnc(NC2CC3CC3C2)nc1. The molecule has 74 valence electrons. The van der Waals surface area contributed by atoms with Gasteiger partial charge in [-0.2, -0.15) is 0 Å². The van der Waals surface area contributed by atoms with Gasteiger partial charge in [-0.05, 0) is 31.1 Å². The van der Waals surface area contributed by atoms with Gasteiger partial charge in [0.1, 0.15) is 0 Å². The van der Waals surface area contributed by atoms with E-state index >= 15 is 0 Å². The summed E-state index contributed by atoms with van der Waals surface area (Å²) in [6, 6.07) is 0.583. The van der Waals surface area contributed by atoms with Crippen LogP contribution in [-0.2, 0) is 0 Å². The van der Waals surface area contributed by atoms with Crippen molar-refractivity contribution in [3.63, 3.8) is 0 Å². The topological polar surface area (TPSA) is 37.8 Å². The minimum absolute atomic E-state index is 0.583. The highest BCUT2D eigenvalue weighted by atomic mass is 35.5. The van der Waals surface area contributed by atoms with Crippen molar-refractivity contribution >= 4 is 17.5 Å². The molecule has 1 N–H and O–H groups in total. The molecule has 4 heteroatoms. The number of hydrogen-bond acceptors (Lipinski definition) is 3. The number of nitrogens with one attached hydrogen (secondary N) is 1. The van der Waals surface area contributed by atoms with Crippen molar-refractivity contribution in [3.05, 3.63) is 17.4 Å². The predicted molar refractivity (Wildman–Crippen MR) is 55.3 cm³/mol. The van der Waals surface area contributed by atoms with Crippen LogP contribution in [0.5, 0.6) is 0 Å². The van der Waals surface area contributed by atoms with Gasteiger partial charge in [0.25, 0.3) is 0 Å². The Morgan fingerprint density at radius 3 is 2.43 bits per heavy atom. The van der Waals surface area contributed by atoms with Gasteiger partial charge in [0.2, 0.25) is 5.95 Å². The van der Waals surface area contributed by atoms with Crippen LogP contribution in [0, 0.1) is 11.8 Å². The van der Waals surface area contributed by atoms with Crippen molar-refractivity contribution in [3.8, 4) is 0 Å². The Morgan fingerprint density at radius 2 is 1.79 bits per heavy atom. The zero-order valence-electron chi connectivity index (χ0n) is 7.78. The summed E-state index contributed by atoms with van der Waals surface area (Å²) in [6.07, 6.45) is 7.28. The largest absolute Gasteiger partial charge is 0.351 e. The molecule has 2 saturated carbocycles. The molecule has 0 radical (unpaired) electrons. The van der Waals surface area contributed by atoms with E-state index in [-0.39, 0.29) is 0 Å². The predicted octanol–water partition coefficient (Wildman–Crippen LogP) is 2.34. The van der Waals surface area contributed by atoms with Gasteiger partial charge in [0.15, 0.2) is 0 Å². The second-order valence-electron chi connectivity index (χ2n) is 4.29. The number of nitrogens with zero attached hydrogens (tertiary/aromatic N) is 2. The molecular formula is C10H12ClN3. The highest BCUT2D eigenvalue weighted by Crippen LogP contribution is 2.52. The van der Waals surface area contributed by atoms with Crippen molar-refractivity contribution in [1.82, 2.24) is 9.97 Å². The summed E-state index contributed by atoms with van der Waals surface area (Å²) in [4.78, 5) is 8.25. The van der Waals surface area contributed by atoms with Gasteiger partial charge in [-0.15, -0.1) is 0 Å². The van der Waals surface area contributed by atoms with Crippen LogP contribution in [0.3, 0.4) is 0 Å². The van der Waals surface area contributed by atoms with Crippen molar-refractivity contribution in [1.29, 1.82) is 0 Å². The van der Waals surface area contributed by atoms with E-state index < -0.39 is 0 Å². The zero-order valence-corrected chi connectivity index (χ0v) is 8.54. The molecule has 14 heavy (non-hydrogen) atoms. The van der Waals surface area contributed by atoms with E-state index in [1.165, 1.54) is 19.3 Å². The quantitative estimate of drug-likeness (QED) is 0.813. The van der Waals surface area contributed by atoms with Gasteiger partial charge in [-0.25, -0.2) is 9.97 Å². The minimum Gasteiger partial charge on any atom is -0.351 e. The molecule has 0 saturated heterocycles. The number of halogens is 1. The lowest BCUT2D eigenvalue weighted by Crippen LogP contribution is -2.18. The fourth-order valence-corrected chi connectivity index (χ4v) is 2.50. The molecule has 3 rings (SSSR count). The van der Waals surface area contributed by atoms with Gasteiger partial charge < -0.3 is 5.32 Å². The van der Waals surface area contributed by atoms with Crippen LogP contribution in [-0.4, -0.2) is 16.0 Å². The first-order chi connectivity index (χ1) is 6.81. The van der Waals surface area contributed by atoms with Crippen molar-refractivity contribution in [2.45, 2.75) is 25.3 Å². The lowest BCUT2D eigenvalue weighted by Gasteiger charge is -2.13. The Bertz CT molecular complexity index is 328. The third-order valence-electron chi connectivity index (χ3n) is 3.20. The summed E-state index contributed by atoms with van der Waals surface area (Å²) in [6.45, 7) is 0. The molecule has 2 aliphatic carbocycles. The second-order valence-corrected chi connectivity index (χ2v) is 4.73. The summed E-state index contributed by atoms with van der Waals surface area (Å²) in [5, 5.41) is 3.94. The number of fused-ring (bicyclic) bond motifs is 1. The van der Waals surface area contributed by atoms with Crippen LogP contribution in [0.1, 0.15) is 19.3 Å². The maximum atomic E-state index is 5.71. The second kappa shape index (κ2) is 3.09. The number of rotatable bonds is 2. The van der Waals surface area contributed by atoms with Gasteiger partial charge >= 0.3 is 0 Å². The molecule has 0 amide bonds. The molecular weight excluding hydrogens is 198 g/mol. The van der Waals surface area contributed by atoms with Crippen LogP contribution in [0.4, 0.5) is 5.95 Å². The van der Waals surface area contributed by atoms with Crippen LogP contribution in [0.25, 0.3) is 0 Å². The molecule has 1 aromatic heterocycles. The lowest BCUT2D eigenvalue weighted by atomic mass is 10.2. The van der Waals surface area contributed by atoms with Crippen LogP contribution < -0.4 is 5.32 Å². The van der Waals surface area contributed by atoms with Gasteiger partial charge in [-0.3, -0.25) is 0 Å². The zero-order chi connectivity index (χ0) is 9.54. The number of aromatic nitrogens is 2. The average Bonchev–Trinajstić information content (AvgIpc) is 2.79. The summed E-state index contributed by atoms with van der Waals surface area (Å²) in [5.41, 5.74) is 0. The third-order valence-corrected chi connectivity index (χ3v) is 3.39. The van der Waals surface area contributed by atoms with E-state index in [1.54, 1.807) is 12.4 Å². The van der Waals surface area contributed by atoms with Crippen LogP contribution >= 0.6 is 11.6 Å². The van der Waals surface area contributed by atoms with Crippen LogP contribution in [0.2, 0.25) is 5.02 Å². The van der Waals surface area contributed by atoms with Crippen molar-refractivity contribution in [2.75, 3.05) is 5.32 Å². The summed E-state index contributed by atoms with van der Waals surface area (Å²) in [7, 11) is 0. The molecule has 0 spiro atoms. The van der Waals surface area contributed by atoms with Crippen molar-refractivity contribution < 1.29 is 0 Å².